The second-order valence-corrected chi connectivity index (χ2v) is 11.3. The number of ether oxygens (including phenoxy) is 2. The van der Waals surface area contributed by atoms with E-state index in [2.05, 4.69) is 37.3 Å². The third-order valence-electron chi connectivity index (χ3n) is 7.46. The van der Waals surface area contributed by atoms with Crippen molar-refractivity contribution in [2.75, 3.05) is 76.4 Å². The molecule has 0 bridgehead atoms. The largest absolute Gasteiger partial charge is 0.496 e. The lowest BCUT2D eigenvalue weighted by molar-refractivity contribution is -0.111. The van der Waals surface area contributed by atoms with Crippen LogP contribution < -0.4 is 41.0 Å². The molecule has 0 atom stereocenters. The molecule has 0 radical (unpaired) electrons. The minimum absolute atomic E-state index is 0.0866. The third kappa shape index (κ3) is 8.39. The normalized spacial score (nSPS) is 11.7. The van der Waals surface area contributed by atoms with Gasteiger partial charge in [-0.1, -0.05) is 12.2 Å². The lowest BCUT2D eigenvalue weighted by Gasteiger charge is -2.23. The zero-order valence-corrected chi connectivity index (χ0v) is 28.8. The average molecular weight is 649 g/mol. The van der Waals surface area contributed by atoms with Crippen molar-refractivity contribution >= 4 is 52.0 Å². The number of hydrogen-bond donors (Lipinski definition) is 3. The number of rotatable bonds is 13. The summed E-state index contributed by atoms with van der Waals surface area (Å²) < 4.78 is 32.1. The Labute approximate surface area is 275 Å². The summed E-state index contributed by atoms with van der Waals surface area (Å²) >= 11 is 0. The molecule has 12 heteroatoms. The van der Waals surface area contributed by atoms with Gasteiger partial charge in [0.15, 0.2) is 22.7 Å². The van der Waals surface area contributed by atoms with Crippen molar-refractivity contribution < 1.29 is 27.9 Å². The van der Waals surface area contributed by atoms with E-state index in [0.29, 0.717) is 44.8 Å². The number of methoxy groups -OCH3 is 2. The van der Waals surface area contributed by atoms with E-state index in [0.717, 1.165) is 24.4 Å². The van der Waals surface area contributed by atoms with Crippen molar-refractivity contribution in [3.8, 4) is 11.5 Å². The SMILES string of the molecule is C=CC(=O)Nc1cc(N(C)CCN(C)C)ccc1NC(C)=N/C=c1/oc(C(=O)c2c(C)c(OC)cc(OC)c2F)c(NC)c1=C(C)C. The van der Waals surface area contributed by atoms with Gasteiger partial charge in [-0.3, -0.25) is 9.59 Å². The zero-order chi connectivity index (χ0) is 35.0. The third-order valence-corrected chi connectivity index (χ3v) is 7.46. The van der Waals surface area contributed by atoms with Gasteiger partial charge in [-0.2, -0.15) is 0 Å². The quantitative estimate of drug-likeness (QED) is 0.106. The lowest BCUT2D eigenvalue weighted by atomic mass is 9.99. The lowest BCUT2D eigenvalue weighted by Crippen LogP contribution is -2.28. The molecule has 0 unspecified atom stereocenters. The van der Waals surface area contributed by atoms with Gasteiger partial charge < -0.3 is 39.6 Å². The Hall–Kier alpha value is -5.10. The van der Waals surface area contributed by atoms with Crippen molar-refractivity contribution in [1.29, 1.82) is 0 Å². The van der Waals surface area contributed by atoms with E-state index in [1.807, 2.05) is 53.2 Å². The Bertz CT molecular complexity index is 1780. The van der Waals surface area contributed by atoms with Crippen LogP contribution in [0.1, 0.15) is 42.5 Å². The Kier molecular flexibility index (Phi) is 12.3. The van der Waals surface area contributed by atoms with Gasteiger partial charge >= 0.3 is 0 Å². The Morgan fingerprint density at radius 2 is 1.70 bits per heavy atom. The fourth-order valence-corrected chi connectivity index (χ4v) is 4.91. The smallest absolute Gasteiger partial charge is 0.247 e. The molecular formula is C35H45FN6O5. The molecule has 1 heterocycles. The summed E-state index contributed by atoms with van der Waals surface area (Å²) in [6.45, 7) is 12.3. The molecule has 3 rings (SSSR count). The van der Waals surface area contributed by atoms with Gasteiger partial charge in [-0.15, -0.1) is 0 Å². The number of furan rings is 1. The summed E-state index contributed by atoms with van der Waals surface area (Å²) in [5, 5.41) is 9.75. The van der Waals surface area contributed by atoms with E-state index in [-0.39, 0.29) is 23.0 Å². The molecule has 0 spiro atoms. The molecular weight excluding hydrogens is 603 g/mol. The minimum Gasteiger partial charge on any atom is -0.496 e. The maximum Gasteiger partial charge on any atom is 0.247 e. The first-order valence-corrected chi connectivity index (χ1v) is 15.0. The van der Waals surface area contributed by atoms with Gasteiger partial charge in [0.2, 0.25) is 11.7 Å². The Morgan fingerprint density at radius 3 is 2.28 bits per heavy atom. The van der Waals surface area contributed by atoms with Crippen LogP contribution in [-0.4, -0.2) is 77.9 Å². The number of hydrogen-bond acceptors (Lipinski definition) is 9. The van der Waals surface area contributed by atoms with Crippen LogP contribution in [0.4, 0.5) is 27.1 Å². The van der Waals surface area contributed by atoms with Gasteiger partial charge in [0.25, 0.3) is 0 Å². The fourth-order valence-electron chi connectivity index (χ4n) is 4.91. The van der Waals surface area contributed by atoms with Crippen LogP contribution in [0, 0.1) is 12.7 Å². The fraction of sp³-hybridized carbons (Fsp3) is 0.343. The summed E-state index contributed by atoms with van der Waals surface area (Å²) in [6, 6.07) is 7.08. The summed E-state index contributed by atoms with van der Waals surface area (Å²) in [4.78, 5) is 34.9. The van der Waals surface area contributed by atoms with Crippen LogP contribution >= 0.6 is 0 Å². The van der Waals surface area contributed by atoms with E-state index >= 15 is 4.39 Å². The second-order valence-electron chi connectivity index (χ2n) is 11.3. The van der Waals surface area contributed by atoms with Gasteiger partial charge in [0, 0.05) is 49.7 Å². The molecule has 3 N–H and O–H groups in total. The molecule has 252 valence electrons. The molecule has 0 aliphatic rings. The molecule has 2 aromatic carbocycles. The van der Waals surface area contributed by atoms with E-state index in [9.17, 15) is 9.59 Å². The first-order valence-electron chi connectivity index (χ1n) is 15.0. The maximum atomic E-state index is 15.5. The van der Waals surface area contributed by atoms with Crippen LogP contribution in [0.15, 0.2) is 46.3 Å². The summed E-state index contributed by atoms with van der Waals surface area (Å²) in [7, 11) is 10.4. The van der Waals surface area contributed by atoms with Crippen molar-refractivity contribution in [1.82, 2.24) is 4.90 Å². The number of amides is 1. The maximum absolute atomic E-state index is 15.5. The number of amidine groups is 1. The van der Waals surface area contributed by atoms with Crippen LogP contribution in [0.5, 0.6) is 11.5 Å². The minimum atomic E-state index is -0.814. The number of benzene rings is 2. The average Bonchev–Trinajstić information content (AvgIpc) is 3.42. The molecule has 0 saturated carbocycles. The van der Waals surface area contributed by atoms with Gasteiger partial charge in [-0.25, -0.2) is 9.38 Å². The predicted octanol–water partition coefficient (Wildman–Crippen LogP) is 4.60. The van der Waals surface area contributed by atoms with E-state index < -0.39 is 11.6 Å². The van der Waals surface area contributed by atoms with Crippen molar-refractivity contribution in [2.45, 2.75) is 27.7 Å². The number of nitrogens with zero attached hydrogens (tertiary/aromatic N) is 3. The highest BCUT2D eigenvalue weighted by atomic mass is 19.1. The second kappa shape index (κ2) is 15.9. The van der Waals surface area contributed by atoms with Crippen molar-refractivity contribution in [2.24, 2.45) is 4.99 Å². The van der Waals surface area contributed by atoms with Crippen molar-refractivity contribution in [3.05, 3.63) is 70.3 Å². The topological polar surface area (TPSA) is 121 Å². The molecule has 1 amide bonds. The number of halogens is 1. The molecule has 0 saturated heterocycles. The first-order chi connectivity index (χ1) is 22.3. The zero-order valence-electron chi connectivity index (χ0n) is 28.8. The molecule has 0 aliphatic heterocycles. The summed E-state index contributed by atoms with van der Waals surface area (Å²) in [6.07, 6.45) is 2.69. The van der Waals surface area contributed by atoms with Gasteiger partial charge in [0.05, 0.1) is 43.0 Å². The van der Waals surface area contributed by atoms with E-state index in [4.69, 9.17) is 13.9 Å². The number of likely N-dealkylation sites (N-methyl/N-ethyl adjacent to an activating group) is 2. The molecule has 11 nitrogen and oxygen atoms in total. The summed E-state index contributed by atoms with van der Waals surface area (Å²) in [5.41, 5.74) is 3.71. The number of carbonyl (C=O) groups excluding carboxylic acids is 2. The number of nitrogens with one attached hydrogen (secondary N) is 3. The van der Waals surface area contributed by atoms with Gasteiger partial charge in [-0.05, 0) is 66.1 Å². The highest BCUT2D eigenvalue weighted by molar-refractivity contribution is 6.12. The molecule has 0 aliphatic carbocycles. The number of aliphatic imine (C=N–C) groups is 1. The van der Waals surface area contributed by atoms with E-state index in [1.54, 1.807) is 20.9 Å². The van der Waals surface area contributed by atoms with Crippen LogP contribution in [-0.2, 0) is 4.79 Å². The highest BCUT2D eigenvalue weighted by Gasteiger charge is 2.28. The summed E-state index contributed by atoms with van der Waals surface area (Å²) in [5.74, 6) is -1.28. The molecule has 3 aromatic rings. The number of carbonyl (C=O) groups is 2. The van der Waals surface area contributed by atoms with Crippen LogP contribution in [0.2, 0.25) is 0 Å². The molecule has 1 aromatic heterocycles. The molecule has 0 fully saturated rings. The Balaban J connectivity index is 2.09. The first kappa shape index (κ1) is 36.4. The highest BCUT2D eigenvalue weighted by Crippen LogP contribution is 2.34. The molecule has 47 heavy (non-hydrogen) atoms. The predicted molar refractivity (Wildman–Crippen MR) is 188 cm³/mol. The number of ketones is 1. The van der Waals surface area contributed by atoms with Gasteiger partial charge in [0.1, 0.15) is 11.6 Å². The monoisotopic (exact) mass is 648 g/mol. The van der Waals surface area contributed by atoms with Crippen LogP contribution in [0.3, 0.4) is 0 Å². The van der Waals surface area contributed by atoms with Crippen LogP contribution in [0.25, 0.3) is 11.8 Å². The van der Waals surface area contributed by atoms with Crippen molar-refractivity contribution in [3.63, 3.8) is 0 Å². The van der Waals surface area contributed by atoms with E-state index in [1.165, 1.54) is 32.6 Å². The Morgan fingerprint density at radius 1 is 1.02 bits per heavy atom. The number of anilines is 4. The standard InChI is InChI=1S/C35H45FN6O5/c1-12-29(43)40-25-17-23(42(9)16-15-41(7)8)13-14-24(25)39-22(5)38-19-28-30(20(2)3)33(37-6)35(47-28)34(44)31-21(4)26(45-10)18-27(46-11)32(31)36/h12-14,17-19,37H,1,15-16H2,2-11H3,(H,38,39)(H,40,43)/b28-19+.